The zero-order chi connectivity index (χ0) is 16.2. The number of hydrogen-bond donors (Lipinski definition) is 0. The second-order valence-electron chi connectivity index (χ2n) is 6.26. The molecule has 0 aromatic heterocycles. The predicted molar refractivity (Wildman–Crippen MR) is 88.6 cm³/mol. The van der Waals surface area contributed by atoms with Crippen molar-refractivity contribution in [3.8, 4) is 5.75 Å². The number of nitrogens with zero attached hydrogens (tertiary/aromatic N) is 2. The summed E-state index contributed by atoms with van der Waals surface area (Å²) < 4.78 is 5.17. The van der Waals surface area contributed by atoms with Crippen LogP contribution in [0.15, 0.2) is 29.4 Å². The van der Waals surface area contributed by atoms with Crippen molar-refractivity contribution < 1.29 is 14.4 Å². The van der Waals surface area contributed by atoms with Crippen LogP contribution >= 0.6 is 0 Å². The number of rotatable bonds is 7. The molecule has 0 radical (unpaired) electrons. The van der Waals surface area contributed by atoms with Crippen molar-refractivity contribution in [2.45, 2.75) is 38.7 Å². The first kappa shape index (κ1) is 15.8. The van der Waals surface area contributed by atoms with Gasteiger partial charge in [0.25, 0.3) is 0 Å². The average molecular weight is 316 g/mol. The maximum atomic E-state index is 12.3. The zero-order valence-corrected chi connectivity index (χ0v) is 13.8. The molecule has 1 saturated carbocycles. The van der Waals surface area contributed by atoms with Gasteiger partial charge < -0.3 is 14.5 Å². The molecule has 1 aromatic rings. The Labute approximate surface area is 137 Å². The van der Waals surface area contributed by atoms with E-state index in [0.29, 0.717) is 6.54 Å². The monoisotopic (exact) mass is 316 g/mol. The average Bonchev–Trinajstić information content (AvgIpc) is 3.33. The first-order valence-corrected chi connectivity index (χ1v) is 8.37. The van der Waals surface area contributed by atoms with Gasteiger partial charge in [0, 0.05) is 18.9 Å². The lowest BCUT2D eigenvalue weighted by Gasteiger charge is -2.24. The lowest BCUT2D eigenvalue weighted by atomic mass is 10.0. The molecule has 0 N–H and O–H groups in total. The van der Waals surface area contributed by atoms with Crippen molar-refractivity contribution in [2.75, 3.05) is 20.2 Å². The van der Waals surface area contributed by atoms with Crippen LogP contribution in [0.4, 0.5) is 0 Å². The van der Waals surface area contributed by atoms with E-state index in [2.05, 4.69) is 12.1 Å². The van der Waals surface area contributed by atoms with Gasteiger partial charge in [-0.3, -0.25) is 4.79 Å². The normalized spacial score (nSPS) is 19.9. The molecule has 1 amide bonds. The molecule has 5 heteroatoms. The third-order valence-electron chi connectivity index (χ3n) is 4.31. The molecule has 2 aliphatic rings. The smallest absolute Gasteiger partial charge is 0.225 e. The van der Waals surface area contributed by atoms with Gasteiger partial charge in [-0.15, -0.1) is 0 Å². The minimum Gasteiger partial charge on any atom is -0.497 e. The van der Waals surface area contributed by atoms with Gasteiger partial charge in [0.15, 0.2) is 6.10 Å². The van der Waals surface area contributed by atoms with E-state index in [9.17, 15) is 4.79 Å². The molecule has 1 aliphatic carbocycles. The van der Waals surface area contributed by atoms with E-state index in [1.54, 1.807) is 7.11 Å². The molecular formula is C18H24N2O3. The lowest BCUT2D eigenvalue weighted by molar-refractivity contribution is -0.134. The van der Waals surface area contributed by atoms with Gasteiger partial charge in [0.2, 0.25) is 5.91 Å². The molecule has 1 aliphatic heterocycles. The van der Waals surface area contributed by atoms with Gasteiger partial charge in [-0.25, -0.2) is 0 Å². The zero-order valence-electron chi connectivity index (χ0n) is 13.8. The Morgan fingerprint density at radius 1 is 1.35 bits per heavy atom. The third kappa shape index (κ3) is 3.84. The van der Waals surface area contributed by atoms with Crippen molar-refractivity contribution in [3.05, 3.63) is 29.8 Å². The fourth-order valence-electron chi connectivity index (χ4n) is 2.88. The van der Waals surface area contributed by atoms with Crippen LogP contribution in [0.5, 0.6) is 5.75 Å². The Hall–Kier alpha value is -2.04. The van der Waals surface area contributed by atoms with Gasteiger partial charge in [0.1, 0.15) is 5.75 Å². The summed E-state index contributed by atoms with van der Waals surface area (Å²) in [6, 6.07) is 7.82. The molecule has 1 aromatic carbocycles. The van der Waals surface area contributed by atoms with Crippen molar-refractivity contribution >= 4 is 11.6 Å². The minimum absolute atomic E-state index is 0.0404. The Morgan fingerprint density at radius 3 is 2.70 bits per heavy atom. The lowest BCUT2D eigenvalue weighted by Crippen LogP contribution is -2.39. The molecule has 1 heterocycles. The summed E-state index contributed by atoms with van der Waals surface area (Å²) in [5, 5.41) is 4.21. The first-order valence-electron chi connectivity index (χ1n) is 8.37. The molecule has 5 nitrogen and oxygen atoms in total. The SMILES string of the molecule is CCCN(C[C@H]1CC(c2ccc(OC)cc2)=NO1)C(=O)C1CC1. The maximum absolute atomic E-state index is 12.3. The standard InChI is InChI=1S/C18H24N2O3/c1-3-10-20(18(21)14-4-5-14)12-16-11-17(19-23-16)13-6-8-15(22-2)9-7-13/h6-9,14,16H,3-5,10-12H2,1-2H3/t16-/m1/s1. The van der Waals surface area contributed by atoms with Crippen LogP contribution in [0.3, 0.4) is 0 Å². The Balaban J connectivity index is 1.57. The summed E-state index contributed by atoms with van der Waals surface area (Å²) in [5.74, 6) is 1.37. The van der Waals surface area contributed by atoms with Gasteiger partial charge in [0.05, 0.1) is 19.4 Å². The van der Waals surface area contributed by atoms with Crippen molar-refractivity contribution in [2.24, 2.45) is 11.1 Å². The summed E-state index contributed by atoms with van der Waals surface area (Å²) in [5.41, 5.74) is 1.98. The molecule has 124 valence electrons. The topological polar surface area (TPSA) is 51.1 Å². The highest BCUT2D eigenvalue weighted by Crippen LogP contribution is 2.31. The van der Waals surface area contributed by atoms with Crippen LogP contribution in [0.25, 0.3) is 0 Å². The largest absolute Gasteiger partial charge is 0.497 e. The van der Waals surface area contributed by atoms with Crippen molar-refractivity contribution in [1.82, 2.24) is 4.90 Å². The summed E-state index contributed by atoms with van der Waals surface area (Å²) in [6.45, 7) is 3.53. The molecular weight excluding hydrogens is 292 g/mol. The van der Waals surface area contributed by atoms with E-state index < -0.39 is 0 Å². The van der Waals surface area contributed by atoms with Crippen molar-refractivity contribution in [3.63, 3.8) is 0 Å². The fourth-order valence-corrected chi connectivity index (χ4v) is 2.88. The first-order chi connectivity index (χ1) is 11.2. The summed E-state index contributed by atoms with van der Waals surface area (Å²) >= 11 is 0. The van der Waals surface area contributed by atoms with E-state index in [1.165, 1.54) is 0 Å². The quantitative estimate of drug-likeness (QED) is 0.777. The molecule has 0 bridgehead atoms. The second-order valence-corrected chi connectivity index (χ2v) is 6.26. The molecule has 23 heavy (non-hydrogen) atoms. The summed E-state index contributed by atoms with van der Waals surface area (Å²) in [6.07, 6.45) is 3.75. The van der Waals surface area contributed by atoms with E-state index in [4.69, 9.17) is 9.57 Å². The number of carbonyl (C=O) groups excluding carboxylic acids is 1. The molecule has 0 spiro atoms. The predicted octanol–water partition coefficient (Wildman–Crippen LogP) is 2.84. The van der Waals surface area contributed by atoms with E-state index in [-0.39, 0.29) is 17.9 Å². The highest BCUT2D eigenvalue weighted by atomic mass is 16.6. The fraction of sp³-hybridized carbons (Fsp3) is 0.556. The third-order valence-corrected chi connectivity index (χ3v) is 4.31. The van der Waals surface area contributed by atoms with Crippen molar-refractivity contribution in [1.29, 1.82) is 0 Å². The van der Waals surface area contributed by atoms with Crippen LogP contribution in [-0.4, -0.2) is 42.8 Å². The van der Waals surface area contributed by atoms with Crippen LogP contribution in [-0.2, 0) is 9.63 Å². The maximum Gasteiger partial charge on any atom is 0.225 e. The summed E-state index contributed by atoms with van der Waals surface area (Å²) in [4.78, 5) is 19.8. The van der Waals surface area contributed by atoms with E-state index in [1.807, 2.05) is 29.2 Å². The van der Waals surface area contributed by atoms with Crippen LogP contribution < -0.4 is 4.74 Å². The number of methoxy groups -OCH3 is 1. The van der Waals surface area contributed by atoms with Gasteiger partial charge >= 0.3 is 0 Å². The summed E-state index contributed by atoms with van der Waals surface area (Å²) in [7, 11) is 1.65. The van der Waals surface area contributed by atoms with E-state index in [0.717, 1.165) is 49.3 Å². The van der Waals surface area contributed by atoms with Gasteiger partial charge in [-0.1, -0.05) is 12.1 Å². The van der Waals surface area contributed by atoms with Crippen LogP contribution in [0.1, 0.15) is 38.2 Å². The molecule has 1 atom stereocenters. The molecule has 0 unspecified atom stereocenters. The number of ether oxygens (including phenoxy) is 1. The highest BCUT2D eigenvalue weighted by Gasteiger charge is 2.35. The minimum atomic E-state index is -0.0404. The number of hydrogen-bond acceptors (Lipinski definition) is 4. The molecule has 3 rings (SSSR count). The number of carbonyl (C=O) groups is 1. The van der Waals surface area contributed by atoms with E-state index >= 15 is 0 Å². The second kappa shape index (κ2) is 7.02. The number of oxime groups is 1. The molecule has 0 saturated heterocycles. The number of benzene rings is 1. The van der Waals surface area contributed by atoms with Crippen LogP contribution in [0.2, 0.25) is 0 Å². The number of amides is 1. The molecule has 1 fully saturated rings. The van der Waals surface area contributed by atoms with Gasteiger partial charge in [-0.2, -0.15) is 0 Å². The highest BCUT2D eigenvalue weighted by molar-refractivity contribution is 6.01. The Kier molecular flexibility index (Phi) is 4.84. The Bertz CT molecular complexity index is 578. The Morgan fingerprint density at radius 2 is 2.09 bits per heavy atom. The van der Waals surface area contributed by atoms with Gasteiger partial charge in [-0.05, 0) is 49.1 Å². The van der Waals surface area contributed by atoms with Crippen LogP contribution in [0, 0.1) is 5.92 Å².